The maximum atomic E-state index is 12.8. The standard InChI is InChI=1S/C28H26Br2N2O4/c1-3-13-35-27-25(30)15-20(16-26(27)34-4-2)14-21(17-31)28(33)32-23-9-11-24(12-10-23)36-18-19-5-7-22(29)8-6-19/h5-12,14-16H,3-4,13,18H2,1-2H3,(H,32,33)/b21-14+. The van der Waals surface area contributed by atoms with Crippen LogP contribution in [0, 0.1) is 11.3 Å². The Kier molecular flexibility index (Phi) is 10.4. The van der Waals surface area contributed by atoms with Crippen molar-refractivity contribution >= 4 is 49.5 Å². The van der Waals surface area contributed by atoms with Crippen LogP contribution in [0.1, 0.15) is 31.4 Å². The van der Waals surface area contributed by atoms with Crippen molar-refractivity contribution in [2.75, 3.05) is 18.5 Å². The predicted molar refractivity (Wildman–Crippen MR) is 148 cm³/mol. The van der Waals surface area contributed by atoms with Crippen molar-refractivity contribution in [2.24, 2.45) is 0 Å². The number of amides is 1. The van der Waals surface area contributed by atoms with Gasteiger partial charge in [-0.2, -0.15) is 5.26 Å². The first-order valence-electron chi connectivity index (χ1n) is 11.4. The number of hydrogen-bond donors (Lipinski definition) is 1. The molecule has 0 aromatic heterocycles. The summed E-state index contributed by atoms with van der Waals surface area (Å²) in [6, 6.07) is 20.4. The lowest BCUT2D eigenvalue weighted by Crippen LogP contribution is -2.13. The number of carbonyl (C=O) groups excluding carboxylic acids is 1. The van der Waals surface area contributed by atoms with E-state index < -0.39 is 5.91 Å². The molecule has 0 aliphatic heterocycles. The van der Waals surface area contributed by atoms with Crippen molar-refractivity contribution in [3.63, 3.8) is 0 Å². The molecule has 0 bridgehead atoms. The lowest BCUT2D eigenvalue weighted by Gasteiger charge is -2.14. The van der Waals surface area contributed by atoms with Gasteiger partial charge >= 0.3 is 0 Å². The average Bonchev–Trinajstić information content (AvgIpc) is 2.87. The maximum absolute atomic E-state index is 12.8. The van der Waals surface area contributed by atoms with Crippen molar-refractivity contribution in [1.29, 1.82) is 5.26 Å². The minimum atomic E-state index is -0.513. The molecular formula is C28H26Br2N2O4. The van der Waals surface area contributed by atoms with Gasteiger partial charge in [0.05, 0.1) is 17.7 Å². The summed E-state index contributed by atoms with van der Waals surface area (Å²) in [6.45, 7) is 5.34. The molecule has 186 valence electrons. The fraction of sp³-hybridized carbons (Fsp3) is 0.214. The average molecular weight is 614 g/mol. The number of anilines is 1. The first kappa shape index (κ1) is 27.3. The summed E-state index contributed by atoms with van der Waals surface area (Å²) in [5.74, 6) is 1.30. The number of nitrogens with zero attached hydrogens (tertiary/aromatic N) is 1. The van der Waals surface area contributed by atoms with Crippen molar-refractivity contribution < 1.29 is 19.0 Å². The summed E-state index contributed by atoms with van der Waals surface area (Å²) in [5, 5.41) is 12.4. The molecule has 0 heterocycles. The van der Waals surface area contributed by atoms with Gasteiger partial charge in [-0.25, -0.2) is 0 Å². The van der Waals surface area contributed by atoms with E-state index in [2.05, 4.69) is 37.2 Å². The molecule has 8 heteroatoms. The van der Waals surface area contributed by atoms with Gasteiger partial charge in [0.25, 0.3) is 5.91 Å². The zero-order chi connectivity index (χ0) is 25.9. The highest BCUT2D eigenvalue weighted by Crippen LogP contribution is 2.37. The fourth-order valence-corrected chi connectivity index (χ4v) is 4.01. The molecule has 3 rings (SSSR count). The van der Waals surface area contributed by atoms with Gasteiger partial charge in [0.2, 0.25) is 0 Å². The monoisotopic (exact) mass is 612 g/mol. The molecular weight excluding hydrogens is 588 g/mol. The number of benzene rings is 3. The molecule has 0 atom stereocenters. The van der Waals surface area contributed by atoms with Crippen LogP contribution >= 0.6 is 31.9 Å². The van der Waals surface area contributed by atoms with Gasteiger partial charge in [0.1, 0.15) is 24.0 Å². The predicted octanol–water partition coefficient (Wildman–Crippen LogP) is 7.52. The van der Waals surface area contributed by atoms with Crippen LogP contribution in [-0.2, 0) is 11.4 Å². The van der Waals surface area contributed by atoms with Gasteiger partial charge in [-0.05, 0) is 95.0 Å². The Morgan fingerprint density at radius 3 is 2.36 bits per heavy atom. The van der Waals surface area contributed by atoms with Crippen LogP contribution < -0.4 is 19.5 Å². The van der Waals surface area contributed by atoms with E-state index in [-0.39, 0.29) is 5.57 Å². The lowest BCUT2D eigenvalue weighted by molar-refractivity contribution is -0.112. The summed E-state index contributed by atoms with van der Waals surface area (Å²) in [7, 11) is 0. The highest BCUT2D eigenvalue weighted by molar-refractivity contribution is 9.10. The molecule has 6 nitrogen and oxygen atoms in total. The Morgan fingerprint density at radius 1 is 1.00 bits per heavy atom. The van der Waals surface area contributed by atoms with E-state index in [9.17, 15) is 10.1 Å². The molecule has 0 saturated heterocycles. The van der Waals surface area contributed by atoms with Gasteiger partial charge in [-0.15, -0.1) is 0 Å². The van der Waals surface area contributed by atoms with E-state index in [0.29, 0.717) is 52.8 Å². The highest BCUT2D eigenvalue weighted by atomic mass is 79.9. The van der Waals surface area contributed by atoms with Crippen LogP contribution in [0.3, 0.4) is 0 Å². The number of rotatable bonds is 11. The van der Waals surface area contributed by atoms with Crippen molar-refractivity contribution in [1.82, 2.24) is 0 Å². The number of nitrogens with one attached hydrogen (secondary N) is 1. The molecule has 1 N–H and O–H groups in total. The summed E-state index contributed by atoms with van der Waals surface area (Å²) in [4.78, 5) is 12.8. The van der Waals surface area contributed by atoms with E-state index in [0.717, 1.165) is 16.5 Å². The van der Waals surface area contributed by atoms with Crippen LogP contribution in [0.2, 0.25) is 0 Å². The zero-order valence-corrected chi connectivity index (χ0v) is 23.2. The molecule has 0 saturated carbocycles. The number of carbonyl (C=O) groups is 1. The first-order chi connectivity index (χ1) is 17.4. The molecule has 0 spiro atoms. The quantitative estimate of drug-likeness (QED) is 0.179. The third-order valence-electron chi connectivity index (χ3n) is 4.89. The molecule has 0 aliphatic carbocycles. The smallest absolute Gasteiger partial charge is 0.266 e. The Bertz CT molecular complexity index is 1250. The van der Waals surface area contributed by atoms with Gasteiger partial charge in [0, 0.05) is 10.2 Å². The second-order valence-electron chi connectivity index (χ2n) is 7.67. The van der Waals surface area contributed by atoms with Crippen molar-refractivity contribution in [3.8, 4) is 23.3 Å². The van der Waals surface area contributed by atoms with E-state index in [1.807, 2.05) is 44.2 Å². The van der Waals surface area contributed by atoms with Gasteiger partial charge < -0.3 is 19.5 Å². The Morgan fingerprint density at radius 2 is 1.72 bits per heavy atom. The van der Waals surface area contributed by atoms with E-state index >= 15 is 0 Å². The molecule has 0 aliphatic rings. The molecule has 36 heavy (non-hydrogen) atoms. The SMILES string of the molecule is CCCOc1c(Br)cc(/C=C(\C#N)C(=O)Nc2ccc(OCc3ccc(Br)cc3)cc2)cc1OCC. The minimum absolute atomic E-state index is 0.0397. The Labute approximate surface area is 228 Å². The molecule has 0 radical (unpaired) electrons. The van der Waals surface area contributed by atoms with Crippen LogP contribution in [0.15, 0.2) is 75.2 Å². The maximum Gasteiger partial charge on any atom is 0.266 e. The summed E-state index contributed by atoms with van der Waals surface area (Å²) in [5.41, 5.74) is 2.19. The molecule has 0 fully saturated rings. The van der Waals surface area contributed by atoms with Gasteiger partial charge in [-0.3, -0.25) is 4.79 Å². The van der Waals surface area contributed by atoms with Gasteiger partial charge in [0.15, 0.2) is 11.5 Å². The highest BCUT2D eigenvalue weighted by Gasteiger charge is 2.14. The molecule has 1 amide bonds. The third-order valence-corrected chi connectivity index (χ3v) is 6.01. The second-order valence-corrected chi connectivity index (χ2v) is 9.44. The molecule has 3 aromatic carbocycles. The van der Waals surface area contributed by atoms with Crippen LogP contribution in [0.5, 0.6) is 17.2 Å². The largest absolute Gasteiger partial charge is 0.490 e. The Balaban J connectivity index is 1.69. The minimum Gasteiger partial charge on any atom is -0.490 e. The molecule has 0 unspecified atom stereocenters. The van der Waals surface area contributed by atoms with E-state index in [1.165, 1.54) is 6.08 Å². The Hall–Kier alpha value is -3.28. The van der Waals surface area contributed by atoms with E-state index in [1.54, 1.807) is 36.4 Å². The zero-order valence-electron chi connectivity index (χ0n) is 20.0. The van der Waals surface area contributed by atoms with Gasteiger partial charge in [-0.1, -0.05) is 35.0 Å². The third kappa shape index (κ3) is 7.87. The number of nitriles is 1. The van der Waals surface area contributed by atoms with Crippen LogP contribution in [0.4, 0.5) is 5.69 Å². The summed E-state index contributed by atoms with van der Waals surface area (Å²) < 4.78 is 19.0. The molecule has 3 aromatic rings. The second kappa shape index (κ2) is 13.7. The normalized spacial score (nSPS) is 10.9. The van der Waals surface area contributed by atoms with Crippen LogP contribution in [0.25, 0.3) is 6.08 Å². The van der Waals surface area contributed by atoms with E-state index in [4.69, 9.17) is 14.2 Å². The van der Waals surface area contributed by atoms with Crippen LogP contribution in [-0.4, -0.2) is 19.1 Å². The first-order valence-corrected chi connectivity index (χ1v) is 13.0. The summed E-state index contributed by atoms with van der Waals surface area (Å²) in [6.07, 6.45) is 2.37. The van der Waals surface area contributed by atoms with Crippen molar-refractivity contribution in [3.05, 3.63) is 86.3 Å². The van der Waals surface area contributed by atoms with Crippen molar-refractivity contribution in [2.45, 2.75) is 26.9 Å². The topological polar surface area (TPSA) is 80.6 Å². The lowest BCUT2D eigenvalue weighted by atomic mass is 10.1. The summed E-state index contributed by atoms with van der Waals surface area (Å²) >= 11 is 6.92. The number of hydrogen-bond acceptors (Lipinski definition) is 5. The fourth-order valence-electron chi connectivity index (χ4n) is 3.17. The number of halogens is 2. The number of ether oxygens (including phenoxy) is 3.